The van der Waals surface area contributed by atoms with Gasteiger partial charge in [-0.25, -0.2) is 38.1 Å². The molecule has 5 saturated carbocycles. The molecule has 0 aliphatic heterocycles. The van der Waals surface area contributed by atoms with Crippen LogP contribution in [0.5, 0.6) is 0 Å². The SMILES string of the molecule is CC(C)c1c(Br)ncc(C2CC2)c1F.CC(C)c1c(C2CC2)cc(Br)nc1F.CC(C)c1c(F)cc(Br)nc1C1CC1.CC(C)c1cc(C2CC2)c(F)nc1Br.CC(C)c1cc(F)c(Br)nc1C1CC1. The fourth-order valence-corrected chi connectivity index (χ4v) is 11.0. The number of rotatable bonds is 10. The van der Waals surface area contributed by atoms with Crippen LogP contribution < -0.4 is 0 Å². The average molecular weight is 1290 g/mol. The Morgan fingerprint density at radius 1 is 0.400 bits per heavy atom. The maximum Gasteiger partial charge on any atom is 0.217 e. The van der Waals surface area contributed by atoms with Crippen molar-refractivity contribution in [3.63, 3.8) is 0 Å². The third kappa shape index (κ3) is 15.4. The Balaban J connectivity index is 0.000000143. The zero-order valence-electron chi connectivity index (χ0n) is 41.7. The summed E-state index contributed by atoms with van der Waals surface area (Å²) in [5.41, 5.74) is 9.30. The van der Waals surface area contributed by atoms with Crippen LogP contribution in [0.4, 0.5) is 22.0 Å². The molecule has 15 heteroatoms. The molecule has 5 fully saturated rings. The second-order valence-electron chi connectivity index (χ2n) is 20.8. The second kappa shape index (κ2) is 24.9. The van der Waals surface area contributed by atoms with E-state index in [-0.39, 0.29) is 47.1 Å². The van der Waals surface area contributed by atoms with Gasteiger partial charge in [-0.15, -0.1) is 0 Å². The molecule has 0 unspecified atom stereocenters. The van der Waals surface area contributed by atoms with Gasteiger partial charge in [0.05, 0.1) is 5.69 Å². The predicted molar refractivity (Wildman–Crippen MR) is 290 cm³/mol. The van der Waals surface area contributed by atoms with Gasteiger partial charge in [-0.05, 0) is 226 Å². The Labute approximate surface area is 454 Å². The van der Waals surface area contributed by atoms with Gasteiger partial charge in [0, 0.05) is 57.6 Å². The lowest BCUT2D eigenvalue weighted by Crippen LogP contribution is -2.02. The van der Waals surface area contributed by atoms with E-state index in [1.54, 1.807) is 12.3 Å². The molecule has 380 valence electrons. The predicted octanol–water partition coefficient (Wildman–Crippen LogP) is 19.9. The lowest BCUT2D eigenvalue weighted by atomic mass is 9.96. The lowest BCUT2D eigenvalue weighted by Gasteiger charge is -2.12. The van der Waals surface area contributed by atoms with E-state index < -0.39 is 0 Å². The summed E-state index contributed by atoms with van der Waals surface area (Å²) >= 11 is 16.2. The van der Waals surface area contributed by atoms with Crippen LogP contribution in [0.3, 0.4) is 0 Å². The number of aromatic nitrogens is 5. The van der Waals surface area contributed by atoms with E-state index in [2.05, 4.69) is 132 Å². The number of nitrogens with zero attached hydrogens (tertiary/aromatic N) is 5. The fraction of sp³-hybridized carbons (Fsp3) is 0.545. The minimum atomic E-state index is -0.309. The quantitative estimate of drug-likeness (QED) is 0.103. The molecule has 0 atom stereocenters. The summed E-state index contributed by atoms with van der Waals surface area (Å²) in [4.78, 5) is 20.6. The zero-order valence-corrected chi connectivity index (χ0v) is 49.7. The molecule has 5 aromatic rings. The summed E-state index contributed by atoms with van der Waals surface area (Å²) in [5.74, 6) is 2.79. The summed E-state index contributed by atoms with van der Waals surface area (Å²) in [7, 11) is 0. The molecule has 0 bridgehead atoms. The van der Waals surface area contributed by atoms with Crippen molar-refractivity contribution in [1.82, 2.24) is 24.9 Å². The molecule has 5 heterocycles. The Bertz CT molecular complexity index is 2490. The van der Waals surface area contributed by atoms with Crippen molar-refractivity contribution in [2.75, 3.05) is 0 Å². The van der Waals surface area contributed by atoms with E-state index in [1.165, 1.54) is 31.7 Å². The minimum Gasteiger partial charge on any atom is -0.249 e. The molecule has 70 heavy (non-hydrogen) atoms. The van der Waals surface area contributed by atoms with E-state index >= 15 is 0 Å². The number of hydrogen-bond acceptors (Lipinski definition) is 5. The highest BCUT2D eigenvalue weighted by atomic mass is 79.9. The standard InChI is InChI=1S/5C11H13BrFN/c1-6(2)10-8(13)5-9(12)14-11(10)7-3-4-7;1-6(2)9-10(13)8(7-3-4-7)5-14-11(9)12;1-6(2)10-8(7-3-4-7)5-9(12)14-11(10)13;1-6(2)8-5-9(13)11(12)14-10(8)7-3-4-7;1-6(2)8-5-9(7-3-4-7)11(13)14-10(8)12/h5*5-7H,3-4H2,1-2H3. The summed E-state index contributed by atoms with van der Waals surface area (Å²) in [6.45, 7) is 20.4. The van der Waals surface area contributed by atoms with Crippen molar-refractivity contribution in [1.29, 1.82) is 0 Å². The largest absolute Gasteiger partial charge is 0.249 e. The molecular weight excluding hydrogens is 1230 g/mol. The van der Waals surface area contributed by atoms with E-state index in [1.807, 2.05) is 53.7 Å². The molecule has 5 aliphatic rings. The molecule has 10 rings (SSSR count). The molecule has 0 spiro atoms. The molecule has 5 nitrogen and oxygen atoms in total. The van der Waals surface area contributed by atoms with Gasteiger partial charge >= 0.3 is 0 Å². The van der Waals surface area contributed by atoms with Gasteiger partial charge < -0.3 is 0 Å². The second-order valence-corrected chi connectivity index (χ2v) is 24.7. The van der Waals surface area contributed by atoms with E-state index in [0.29, 0.717) is 64.4 Å². The number of hydrogen-bond donors (Lipinski definition) is 0. The average Bonchev–Trinajstić information content (AvgIpc) is 4.06. The van der Waals surface area contributed by atoms with Crippen molar-refractivity contribution < 1.29 is 22.0 Å². The van der Waals surface area contributed by atoms with Crippen molar-refractivity contribution in [2.24, 2.45) is 0 Å². The molecule has 0 saturated heterocycles. The molecule has 0 radical (unpaired) electrons. The molecular formula is C55H65Br5F5N5. The van der Waals surface area contributed by atoms with Gasteiger partial charge in [-0.3, -0.25) is 0 Å². The first-order valence-electron chi connectivity index (χ1n) is 24.8. The summed E-state index contributed by atoms with van der Waals surface area (Å²) < 4.78 is 70.9. The maximum absolute atomic E-state index is 14.0. The highest BCUT2D eigenvalue weighted by molar-refractivity contribution is 9.11. The molecule has 5 aliphatic carbocycles. The van der Waals surface area contributed by atoms with E-state index in [9.17, 15) is 22.0 Å². The normalized spacial score (nSPS) is 16.4. The Hall–Kier alpha value is -2.20. The van der Waals surface area contributed by atoms with E-state index in [4.69, 9.17) is 0 Å². The van der Waals surface area contributed by atoms with Gasteiger partial charge in [0.25, 0.3) is 0 Å². The smallest absolute Gasteiger partial charge is 0.217 e. The minimum absolute atomic E-state index is 0.0515. The number of pyridine rings is 5. The fourth-order valence-electron chi connectivity index (χ4n) is 8.46. The van der Waals surface area contributed by atoms with Crippen LogP contribution in [0.15, 0.2) is 53.5 Å². The van der Waals surface area contributed by atoms with Crippen molar-refractivity contribution >= 4 is 79.6 Å². The summed E-state index contributed by atoms with van der Waals surface area (Å²) in [6, 6.07) is 7.02. The van der Waals surface area contributed by atoms with Crippen molar-refractivity contribution in [3.05, 3.63) is 139 Å². The first-order valence-corrected chi connectivity index (χ1v) is 28.7. The highest BCUT2D eigenvalue weighted by Crippen LogP contribution is 2.47. The third-order valence-corrected chi connectivity index (χ3v) is 15.6. The van der Waals surface area contributed by atoms with Crippen molar-refractivity contribution in [2.45, 2.75) is 193 Å². The Kier molecular flexibility index (Phi) is 20.3. The van der Waals surface area contributed by atoms with Gasteiger partial charge in [-0.1, -0.05) is 69.2 Å². The van der Waals surface area contributed by atoms with Crippen LogP contribution >= 0.6 is 79.6 Å². The van der Waals surface area contributed by atoms with Crippen LogP contribution in [0, 0.1) is 29.3 Å². The van der Waals surface area contributed by atoms with Gasteiger partial charge in [0.2, 0.25) is 11.9 Å². The highest BCUT2D eigenvalue weighted by Gasteiger charge is 2.33. The van der Waals surface area contributed by atoms with Crippen molar-refractivity contribution in [3.8, 4) is 0 Å². The van der Waals surface area contributed by atoms with Gasteiger partial charge in [0.1, 0.15) is 34.7 Å². The molecule has 5 aromatic heterocycles. The van der Waals surface area contributed by atoms with Crippen LogP contribution in [0.1, 0.15) is 249 Å². The first kappa shape index (κ1) is 57.1. The molecule has 0 aromatic carbocycles. The van der Waals surface area contributed by atoms with E-state index in [0.717, 1.165) is 94.4 Å². The lowest BCUT2D eigenvalue weighted by molar-refractivity contribution is 0.549. The van der Waals surface area contributed by atoms with Crippen LogP contribution in [0.2, 0.25) is 0 Å². The van der Waals surface area contributed by atoms with Crippen LogP contribution in [0.25, 0.3) is 0 Å². The van der Waals surface area contributed by atoms with Crippen LogP contribution in [-0.4, -0.2) is 24.9 Å². The monoisotopic (exact) mass is 1290 g/mol. The topological polar surface area (TPSA) is 64.5 Å². The maximum atomic E-state index is 14.0. The molecule has 0 amide bonds. The summed E-state index contributed by atoms with van der Waals surface area (Å²) in [6.07, 6.45) is 13.2. The van der Waals surface area contributed by atoms with Gasteiger partial charge in [0.15, 0.2) is 5.82 Å². The van der Waals surface area contributed by atoms with Gasteiger partial charge in [-0.2, -0.15) is 8.78 Å². The Morgan fingerprint density at radius 3 is 1.39 bits per heavy atom. The molecule has 0 N–H and O–H groups in total. The first-order chi connectivity index (χ1) is 33.0. The van der Waals surface area contributed by atoms with Crippen LogP contribution in [-0.2, 0) is 0 Å². The third-order valence-electron chi connectivity index (χ3n) is 13.0. The summed E-state index contributed by atoms with van der Waals surface area (Å²) in [5, 5.41) is 0. The zero-order chi connectivity index (χ0) is 51.5. The number of halogens is 10. The Morgan fingerprint density at radius 2 is 0.886 bits per heavy atom.